The van der Waals surface area contributed by atoms with E-state index in [-0.39, 0.29) is 11.2 Å². The zero-order valence-corrected chi connectivity index (χ0v) is 18.1. The van der Waals surface area contributed by atoms with Crippen molar-refractivity contribution < 1.29 is 9.90 Å². The molecule has 0 saturated carbocycles. The second-order valence-electron chi connectivity index (χ2n) is 8.11. The second-order valence-corrected chi connectivity index (χ2v) is 8.11. The molecule has 0 aromatic heterocycles. The summed E-state index contributed by atoms with van der Waals surface area (Å²) in [6.07, 6.45) is 7.89. The number of rotatable bonds is 6. The summed E-state index contributed by atoms with van der Waals surface area (Å²) in [6, 6.07) is 14.1. The number of carbonyl (C=O) groups excluding carboxylic acids is 1. The highest BCUT2D eigenvalue weighted by Gasteiger charge is 2.39. The van der Waals surface area contributed by atoms with Crippen molar-refractivity contribution in [1.82, 2.24) is 0 Å². The summed E-state index contributed by atoms with van der Waals surface area (Å²) < 4.78 is 0. The molecule has 152 valence electrons. The van der Waals surface area contributed by atoms with Crippen molar-refractivity contribution in [2.24, 2.45) is 0 Å². The molecular formula is C26H36O2. The summed E-state index contributed by atoms with van der Waals surface area (Å²) in [7, 11) is 0. The molecule has 0 spiro atoms. The highest BCUT2D eigenvalue weighted by molar-refractivity contribution is 5.81. The SMILES string of the molecule is CCCC.CCCC(=O)CC1(c2ccc(O)cc2)CCCc2ccc(C)cc21. The zero-order valence-electron chi connectivity index (χ0n) is 18.1. The van der Waals surface area contributed by atoms with E-state index in [1.54, 1.807) is 12.1 Å². The van der Waals surface area contributed by atoms with Gasteiger partial charge in [-0.25, -0.2) is 0 Å². The van der Waals surface area contributed by atoms with E-state index in [9.17, 15) is 9.90 Å². The number of hydrogen-bond acceptors (Lipinski definition) is 2. The summed E-state index contributed by atoms with van der Waals surface area (Å²) in [5.74, 6) is 0.606. The topological polar surface area (TPSA) is 37.3 Å². The Morgan fingerprint density at radius 1 is 1.00 bits per heavy atom. The first kappa shape index (κ1) is 22.2. The number of fused-ring (bicyclic) bond motifs is 1. The molecule has 3 rings (SSSR count). The minimum Gasteiger partial charge on any atom is -0.508 e. The zero-order chi connectivity index (χ0) is 20.6. The second kappa shape index (κ2) is 10.5. The van der Waals surface area contributed by atoms with Gasteiger partial charge in [0.05, 0.1) is 0 Å². The molecule has 0 bridgehead atoms. The van der Waals surface area contributed by atoms with E-state index in [0.717, 1.165) is 31.2 Å². The number of phenolic OH excluding ortho intramolecular Hbond substituents is 1. The minimum absolute atomic E-state index is 0.250. The molecule has 0 amide bonds. The number of Topliss-reactive ketones (excluding diaryl/α,β-unsaturated/α-hetero) is 1. The van der Waals surface area contributed by atoms with Crippen LogP contribution in [0.2, 0.25) is 0 Å². The summed E-state index contributed by atoms with van der Waals surface area (Å²) in [5, 5.41) is 9.68. The van der Waals surface area contributed by atoms with Gasteiger partial charge in [-0.3, -0.25) is 4.79 Å². The van der Waals surface area contributed by atoms with Crippen molar-refractivity contribution in [2.45, 2.75) is 84.5 Å². The summed E-state index contributed by atoms with van der Waals surface area (Å²) in [4.78, 5) is 12.6. The van der Waals surface area contributed by atoms with Gasteiger partial charge in [0.1, 0.15) is 11.5 Å². The number of hydrogen-bond donors (Lipinski definition) is 1. The van der Waals surface area contributed by atoms with Gasteiger partial charge < -0.3 is 5.11 Å². The van der Waals surface area contributed by atoms with E-state index in [2.05, 4.69) is 45.9 Å². The highest BCUT2D eigenvalue weighted by atomic mass is 16.3. The molecule has 2 aromatic carbocycles. The standard InChI is InChI=1S/C22H26O2.C4H10/c1-3-5-20(24)15-22(18-9-11-19(23)12-10-18)13-4-6-17-8-7-16(2)14-21(17)22;1-3-4-2/h7-12,14,23H,3-6,13,15H2,1-2H3;3-4H2,1-2H3. The molecule has 2 nitrogen and oxygen atoms in total. The third kappa shape index (κ3) is 5.25. The lowest BCUT2D eigenvalue weighted by Crippen LogP contribution is -2.35. The van der Waals surface area contributed by atoms with E-state index >= 15 is 0 Å². The van der Waals surface area contributed by atoms with Crippen molar-refractivity contribution in [3.63, 3.8) is 0 Å². The molecule has 1 aliphatic rings. The molecule has 1 unspecified atom stereocenters. The van der Waals surface area contributed by atoms with Crippen molar-refractivity contribution in [3.8, 4) is 5.75 Å². The van der Waals surface area contributed by atoms with Crippen LogP contribution in [0.3, 0.4) is 0 Å². The smallest absolute Gasteiger partial charge is 0.134 e. The van der Waals surface area contributed by atoms with Gasteiger partial charge in [-0.1, -0.05) is 69.5 Å². The van der Waals surface area contributed by atoms with Gasteiger partial charge in [0.25, 0.3) is 0 Å². The van der Waals surface area contributed by atoms with Gasteiger partial charge >= 0.3 is 0 Å². The molecule has 1 aliphatic carbocycles. The van der Waals surface area contributed by atoms with Crippen LogP contribution in [0.25, 0.3) is 0 Å². The Morgan fingerprint density at radius 2 is 1.68 bits per heavy atom. The molecule has 1 atom stereocenters. The molecule has 28 heavy (non-hydrogen) atoms. The molecule has 2 aromatic rings. The maximum absolute atomic E-state index is 12.6. The summed E-state index contributed by atoms with van der Waals surface area (Å²) in [6.45, 7) is 8.54. The van der Waals surface area contributed by atoms with E-state index in [1.165, 1.54) is 29.5 Å². The van der Waals surface area contributed by atoms with Gasteiger partial charge in [0.15, 0.2) is 0 Å². The van der Waals surface area contributed by atoms with Crippen LogP contribution >= 0.6 is 0 Å². The van der Waals surface area contributed by atoms with E-state index in [4.69, 9.17) is 0 Å². The minimum atomic E-state index is -0.250. The molecule has 2 heteroatoms. The van der Waals surface area contributed by atoms with Crippen LogP contribution in [-0.4, -0.2) is 10.9 Å². The normalized spacial score (nSPS) is 18.0. The highest BCUT2D eigenvalue weighted by Crippen LogP contribution is 2.46. The fourth-order valence-electron chi connectivity index (χ4n) is 4.14. The lowest BCUT2D eigenvalue weighted by atomic mass is 9.63. The Kier molecular flexibility index (Phi) is 8.29. The van der Waals surface area contributed by atoms with Gasteiger partial charge in [-0.05, 0) is 61.4 Å². The average molecular weight is 381 g/mol. The van der Waals surface area contributed by atoms with Crippen LogP contribution in [-0.2, 0) is 16.6 Å². The van der Waals surface area contributed by atoms with Gasteiger partial charge in [0.2, 0.25) is 0 Å². The Morgan fingerprint density at radius 3 is 2.29 bits per heavy atom. The van der Waals surface area contributed by atoms with Crippen LogP contribution in [0.4, 0.5) is 0 Å². The Labute approximate surface area is 171 Å². The van der Waals surface area contributed by atoms with Crippen LogP contribution < -0.4 is 0 Å². The van der Waals surface area contributed by atoms with Crippen LogP contribution in [0.15, 0.2) is 42.5 Å². The predicted molar refractivity (Wildman–Crippen MR) is 118 cm³/mol. The number of aromatic hydroxyl groups is 1. The fraction of sp³-hybridized carbons (Fsp3) is 0.500. The molecule has 1 N–H and O–H groups in total. The fourth-order valence-corrected chi connectivity index (χ4v) is 4.14. The Balaban J connectivity index is 0.000000640. The van der Waals surface area contributed by atoms with E-state index < -0.39 is 0 Å². The average Bonchev–Trinajstić information content (AvgIpc) is 2.69. The number of carbonyl (C=O) groups is 1. The number of ketones is 1. The first-order chi connectivity index (χ1) is 13.5. The molecule has 0 fully saturated rings. The molecule has 0 radical (unpaired) electrons. The first-order valence-electron chi connectivity index (χ1n) is 10.9. The van der Waals surface area contributed by atoms with Gasteiger partial charge in [-0.2, -0.15) is 0 Å². The van der Waals surface area contributed by atoms with E-state index in [1.807, 2.05) is 12.1 Å². The third-order valence-corrected chi connectivity index (χ3v) is 5.78. The number of phenols is 1. The quantitative estimate of drug-likeness (QED) is 0.592. The summed E-state index contributed by atoms with van der Waals surface area (Å²) >= 11 is 0. The lowest BCUT2D eigenvalue weighted by Gasteiger charge is -2.40. The number of unbranched alkanes of at least 4 members (excludes halogenated alkanes) is 1. The van der Waals surface area contributed by atoms with E-state index in [0.29, 0.717) is 18.6 Å². The van der Waals surface area contributed by atoms with Gasteiger partial charge in [0, 0.05) is 18.3 Å². The van der Waals surface area contributed by atoms with Crippen molar-refractivity contribution in [3.05, 3.63) is 64.7 Å². The van der Waals surface area contributed by atoms with Crippen molar-refractivity contribution >= 4 is 5.78 Å². The molecule has 0 saturated heterocycles. The van der Waals surface area contributed by atoms with Gasteiger partial charge in [-0.15, -0.1) is 0 Å². The largest absolute Gasteiger partial charge is 0.508 e. The predicted octanol–water partition coefficient (Wildman–Crippen LogP) is 6.89. The van der Waals surface area contributed by atoms with Crippen molar-refractivity contribution in [1.29, 1.82) is 0 Å². The van der Waals surface area contributed by atoms with Crippen LogP contribution in [0, 0.1) is 6.92 Å². The first-order valence-corrected chi connectivity index (χ1v) is 10.9. The molecular weight excluding hydrogens is 344 g/mol. The Hall–Kier alpha value is -2.09. The summed E-state index contributed by atoms with van der Waals surface area (Å²) in [5.41, 5.74) is 4.81. The van der Waals surface area contributed by atoms with Crippen LogP contribution in [0.1, 0.15) is 88.0 Å². The number of benzene rings is 2. The third-order valence-electron chi connectivity index (χ3n) is 5.78. The maximum atomic E-state index is 12.6. The van der Waals surface area contributed by atoms with Crippen LogP contribution in [0.5, 0.6) is 5.75 Å². The molecule has 0 aliphatic heterocycles. The Bertz CT molecular complexity index is 759. The molecule has 0 heterocycles. The lowest BCUT2D eigenvalue weighted by molar-refractivity contribution is -0.120. The monoisotopic (exact) mass is 380 g/mol. The maximum Gasteiger partial charge on any atom is 0.134 e. The number of aryl methyl sites for hydroxylation is 2. The van der Waals surface area contributed by atoms with Crippen molar-refractivity contribution in [2.75, 3.05) is 0 Å².